The summed E-state index contributed by atoms with van der Waals surface area (Å²) in [6.45, 7) is 4.59. The van der Waals surface area contributed by atoms with Gasteiger partial charge in [0.1, 0.15) is 0 Å². The topological polar surface area (TPSA) is 66.6 Å². The van der Waals surface area contributed by atoms with Crippen molar-refractivity contribution in [3.05, 3.63) is 29.8 Å². The number of nitrogens with two attached hydrogens (primary N) is 1. The van der Waals surface area contributed by atoms with Crippen molar-refractivity contribution in [2.24, 2.45) is 0 Å². The summed E-state index contributed by atoms with van der Waals surface area (Å²) in [5.74, 6) is 0.0368. The average Bonchev–Trinajstić information content (AvgIpc) is 2.84. The van der Waals surface area contributed by atoms with Gasteiger partial charge in [-0.1, -0.05) is 12.1 Å². The van der Waals surface area contributed by atoms with Crippen LogP contribution in [0.3, 0.4) is 0 Å². The van der Waals surface area contributed by atoms with Crippen LogP contribution in [-0.2, 0) is 15.8 Å². The number of anilines is 1. The zero-order valence-electron chi connectivity index (χ0n) is 12.4. The van der Waals surface area contributed by atoms with Crippen molar-refractivity contribution in [1.29, 1.82) is 0 Å². The number of rotatable bonds is 3. The Balaban J connectivity index is 1.77. The monoisotopic (exact) mass is 309 g/mol. The normalized spacial score (nSPS) is 27.7. The van der Waals surface area contributed by atoms with Crippen LogP contribution in [0.25, 0.3) is 0 Å². The molecule has 2 unspecified atom stereocenters. The van der Waals surface area contributed by atoms with Gasteiger partial charge >= 0.3 is 0 Å². The number of hydrogen-bond acceptors (Lipinski definition) is 4. The Labute approximate surface area is 126 Å². The summed E-state index contributed by atoms with van der Waals surface area (Å²) in [5, 5.41) is 0. The van der Waals surface area contributed by atoms with E-state index in [1.807, 2.05) is 13.0 Å². The summed E-state index contributed by atoms with van der Waals surface area (Å²) >= 11 is 0. The number of hydrogen-bond donors (Lipinski definition) is 1. The lowest BCUT2D eigenvalue weighted by atomic mass is 10.1. The molecule has 0 amide bonds. The van der Waals surface area contributed by atoms with E-state index in [1.165, 1.54) is 6.42 Å². The lowest BCUT2D eigenvalue weighted by Crippen LogP contribution is -2.56. The average molecular weight is 309 g/mol. The van der Waals surface area contributed by atoms with Crippen LogP contribution in [0.15, 0.2) is 24.3 Å². The third kappa shape index (κ3) is 3.07. The molecule has 5 nitrogen and oxygen atoms in total. The van der Waals surface area contributed by atoms with Gasteiger partial charge in [0.2, 0.25) is 10.0 Å². The first kappa shape index (κ1) is 14.8. The standard InChI is InChI=1S/C15H23N3O2S/c1-12-9-17-7-3-6-15(17)10-18(12)21(19,20)11-13-4-2-5-14(16)8-13/h2,4-5,8,12,15H,3,6-7,9-11,16H2,1H3. The minimum absolute atomic E-state index is 0.0368. The maximum absolute atomic E-state index is 12.7. The molecule has 0 saturated carbocycles. The zero-order chi connectivity index (χ0) is 15.0. The van der Waals surface area contributed by atoms with E-state index in [-0.39, 0.29) is 11.8 Å². The number of sulfonamides is 1. The molecule has 0 aliphatic carbocycles. The number of nitrogen functional groups attached to an aromatic ring is 1. The van der Waals surface area contributed by atoms with Crippen molar-refractivity contribution in [3.8, 4) is 0 Å². The van der Waals surface area contributed by atoms with Gasteiger partial charge in [-0.25, -0.2) is 8.42 Å². The highest BCUT2D eigenvalue weighted by atomic mass is 32.2. The summed E-state index contributed by atoms with van der Waals surface area (Å²) in [6.07, 6.45) is 2.29. The summed E-state index contributed by atoms with van der Waals surface area (Å²) in [7, 11) is -3.29. The molecule has 0 bridgehead atoms. The molecule has 2 fully saturated rings. The minimum Gasteiger partial charge on any atom is -0.399 e. The second-order valence-corrected chi connectivity index (χ2v) is 8.13. The molecule has 2 aliphatic rings. The van der Waals surface area contributed by atoms with Crippen molar-refractivity contribution in [3.63, 3.8) is 0 Å². The molecule has 116 valence electrons. The fraction of sp³-hybridized carbons (Fsp3) is 0.600. The van der Waals surface area contributed by atoms with Crippen LogP contribution >= 0.6 is 0 Å². The minimum atomic E-state index is -3.29. The van der Waals surface area contributed by atoms with E-state index >= 15 is 0 Å². The Morgan fingerprint density at radius 3 is 2.90 bits per heavy atom. The molecule has 0 aromatic heterocycles. The zero-order valence-corrected chi connectivity index (χ0v) is 13.2. The number of nitrogens with zero attached hydrogens (tertiary/aromatic N) is 2. The molecule has 2 aliphatic heterocycles. The van der Waals surface area contributed by atoms with E-state index in [9.17, 15) is 8.42 Å². The molecule has 2 atom stereocenters. The molecule has 0 radical (unpaired) electrons. The van der Waals surface area contributed by atoms with Crippen LogP contribution in [0.1, 0.15) is 25.3 Å². The van der Waals surface area contributed by atoms with Crippen LogP contribution in [-0.4, -0.2) is 49.3 Å². The molecular weight excluding hydrogens is 286 g/mol. The maximum Gasteiger partial charge on any atom is 0.218 e. The summed E-state index contributed by atoms with van der Waals surface area (Å²) in [5.41, 5.74) is 7.11. The third-order valence-electron chi connectivity index (χ3n) is 4.54. The second kappa shape index (κ2) is 5.59. The van der Waals surface area contributed by atoms with Crippen LogP contribution < -0.4 is 5.73 Å². The SMILES string of the molecule is CC1CN2CCCC2CN1S(=O)(=O)Cc1cccc(N)c1. The lowest BCUT2D eigenvalue weighted by molar-refractivity contribution is 0.117. The molecule has 2 heterocycles. The van der Waals surface area contributed by atoms with Crippen molar-refractivity contribution >= 4 is 15.7 Å². The summed E-state index contributed by atoms with van der Waals surface area (Å²) in [4.78, 5) is 2.43. The predicted molar refractivity (Wildman–Crippen MR) is 84.2 cm³/mol. The molecule has 6 heteroatoms. The Kier molecular flexibility index (Phi) is 3.94. The largest absolute Gasteiger partial charge is 0.399 e. The van der Waals surface area contributed by atoms with Gasteiger partial charge in [-0.2, -0.15) is 4.31 Å². The van der Waals surface area contributed by atoms with Crippen LogP contribution in [0.5, 0.6) is 0 Å². The Morgan fingerprint density at radius 1 is 1.33 bits per heavy atom. The molecule has 0 spiro atoms. The smallest absolute Gasteiger partial charge is 0.218 e. The van der Waals surface area contributed by atoms with Crippen molar-refractivity contribution in [1.82, 2.24) is 9.21 Å². The van der Waals surface area contributed by atoms with Gasteiger partial charge in [0.25, 0.3) is 0 Å². The Bertz CT molecular complexity index is 617. The molecule has 21 heavy (non-hydrogen) atoms. The first-order chi connectivity index (χ1) is 9.95. The first-order valence-electron chi connectivity index (χ1n) is 7.54. The van der Waals surface area contributed by atoms with Crippen LogP contribution in [0.4, 0.5) is 5.69 Å². The van der Waals surface area contributed by atoms with Gasteiger partial charge in [0.05, 0.1) is 5.75 Å². The van der Waals surface area contributed by atoms with Gasteiger partial charge in [-0.15, -0.1) is 0 Å². The highest BCUT2D eigenvalue weighted by molar-refractivity contribution is 7.88. The highest BCUT2D eigenvalue weighted by Gasteiger charge is 2.39. The third-order valence-corrected chi connectivity index (χ3v) is 6.46. The van der Waals surface area contributed by atoms with Crippen LogP contribution in [0, 0.1) is 0 Å². The van der Waals surface area contributed by atoms with E-state index in [4.69, 9.17) is 5.73 Å². The van der Waals surface area contributed by atoms with Crippen LogP contribution in [0.2, 0.25) is 0 Å². The van der Waals surface area contributed by atoms with Crippen molar-refractivity contribution < 1.29 is 8.42 Å². The van der Waals surface area contributed by atoms with E-state index in [0.717, 1.165) is 25.1 Å². The van der Waals surface area contributed by atoms with E-state index in [0.29, 0.717) is 18.3 Å². The van der Waals surface area contributed by atoms with E-state index in [1.54, 1.807) is 22.5 Å². The molecule has 1 aromatic carbocycles. The number of piperazine rings is 1. The molecule has 1 aromatic rings. The molecular formula is C15H23N3O2S. The van der Waals surface area contributed by atoms with Gasteiger partial charge in [-0.3, -0.25) is 4.90 Å². The van der Waals surface area contributed by atoms with E-state index in [2.05, 4.69) is 4.90 Å². The fourth-order valence-electron chi connectivity index (χ4n) is 3.52. The Morgan fingerprint density at radius 2 is 2.14 bits per heavy atom. The molecule has 3 rings (SSSR count). The first-order valence-corrected chi connectivity index (χ1v) is 9.14. The van der Waals surface area contributed by atoms with Crippen molar-refractivity contribution in [2.45, 2.75) is 37.6 Å². The second-order valence-electron chi connectivity index (χ2n) is 6.21. The van der Waals surface area contributed by atoms with Gasteiger partial charge in [-0.05, 0) is 44.0 Å². The van der Waals surface area contributed by atoms with Gasteiger partial charge < -0.3 is 5.73 Å². The fourth-order valence-corrected chi connectivity index (χ4v) is 5.31. The maximum atomic E-state index is 12.7. The number of benzene rings is 1. The van der Waals surface area contributed by atoms with E-state index < -0.39 is 10.0 Å². The van der Waals surface area contributed by atoms with Gasteiger partial charge in [0.15, 0.2) is 0 Å². The highest BCUT2D eigenvalue weighted by Crippen LogP contribution is 2.27. The summed E-state index contributed by atoms with van der Waals surface area (Å²) in [6, 6.07) is 7.59. The quantitative estimate of drug-likeness (QED) is 0.854. The van der Waals surface area contributed by atoms with Gasteiger partial charge in [0, 0.05) is 30.9 Å². The van der Waals surface area contributed by atoms with Crippen molar-refractivity contribution in [2.75, 3.05) is 25.4 Å². The molecule has 2 N–H and O–H groups in total. The number of fused-ring (bicyclic) bond motifs is 1. The predicted octanol–water partition coefficient (Wildman–Crippen LogP) is 1.27. The lowest BCUT2D eigenvalue weighted by Gasteiger charge is -2.41. The molecule has 2 saturated heterocycles. The Hall–Kier alpha value is -1.11. The summed E-state index contributed by atoms with van der Waals surface area (Å²) < 4.78 is 27.2.